The lowest BCUT2D eigenvalue weighted by atomic mass is 10.5. The van der Waals surface area contributed by atoms with Gasteiger partial charge in [-0.25, -0.2) is 17.2 Å². The molecule has 98 valence electrons. The van der Waals surface area contributed by atoms with Crippen LogP contribution in [0.2, 0.25) is 0 Å². The lowest BCUT2D eigenvalue weighted by Crippen LogP contribution is -2.38. The van der Waals surface area contributed by atoms with Gasteiger partial charge in [0.15, 0.2) is 0 Å². The highest BCUT2D eigenvalue weighted by Crippen LogP contribution is 2.07. The molecule has 0 spiro atoms. The minimum Gasteiger partial charge on any atom is -0.385 e. The molecule has 0 bridgehead atoms. The lowest BCUT2D eigenvalue weighted by molar-refractivity contribution is 0.121. The summed E-state index contributed by atoms with van der Waals surface area (Å²) in [6.45, 7) is -0.619. The van der Waals surface area contributed by atoms with E-state index in [0.717, 1.165) is 4.31 Å². The molecule has 0 fully saturated rings. The van der Waals surface area contributed by atoms with Crippen molar-refractivity contribution < 1.29 is 21.9 Å². The first-order chi connectivity index (χ1) is 7.44. The highest BCUT2D eigenvalue weighted by molar-refractivity contribution is 7.89. The van der Waals surface area contributed by atoms with Gasteiger partial charge in [-0.05, 0) is 6.42 Å². The Balaban J connectivity index is 4.37. The van der Waals surface area contributed by atoms with Crippen molar-refractivity contribution in [1.82, 2.24) is 4.31 Å². The van der Waals surface area contributed by atoms with Gasteiger partial charge in [0.05, 0.1) is 12.3 Å². The van der Waals surface area contributed by atoms with Crippen LogP contribution in [-0.2, 0) is 14.8 Å². The van der Waals surface area contributed by atoms with Crippen LogP contribution in [0.15, 0.2) is 0 Å². The van der Waals surface area contributed by atoms with Crippen LogP contribution in [0.1, 0.15) is 6.42 Å². The van der Waals surface area contributed by atoms with E-state index < -0.39 is 23.0 Å². The van der Waals surface area contributed by atoms with E-state index in [4.69, 9.17) is 16.3 Å². The Kier molecular flexibility index (Phi) is 8.17. The summed E-state index contributed by atoms with van der Waals surface area (Å²) in [6.07, 6.45) is -2.42. The van der Waals surface area contributed by atoms with Gasteiger partial charge in [0.2, 0.25) is 10.0 Å². The molecule has 0 rings (SSSR count). The molecule has 4 nitrogen and oxygen atoms in total. The van der Waals surface area contributed by atoms with Gasteiger partial charge in [0.25, 0.3) is 6.43 Å². The van der Waals surface area contributed by atoms with E-state index in [1.807, 2.05) is 0 Å². The van der Waals surface area contributed by atoms with E-state index in [2.05, 4.69) is 0 Å². The maximum Gasteiger partial charge on any atom is 0.252 e. The fraction of sp³-hybridized carbons (Fsp3) is 1.00. The molecule has 0 N–H and O–H groups in total. The van der Waals surface area contributed by atoms with Gasteiger partial charge < -0.3 is 4.74 Å². The van der Waals surface area contributed by atoms with Crippen molar-refractivity contribution in [2.75, 3.05) is 38.4 Å². The molecule has 0 aliphatic carbocycles. The van der Waals surface area contributed by atoms with Crippen LogP contribution in [0.25, 0.3) is 0 Å². The van der Waals surface area contributed by atoms with E-state index in [0.29, 0.717) is 0 Å². The molecular formula is C8H16ClF2NO3S. The van der Waals surface area contributed by atoms with Crippen LogP contribution >= 0.6 is 11.6 Å². The van der Waals surface area contributed by atoms with Crippen molar-refractivity contribution >= 4 is 21.6 Å². The standard InChI is InChI=1S/C8H16ClF2NO3S/c1-15-5-2-6-16(13,14)12(4-3-9)7-8(10)11/h8H,2-7H2,1H3. The van der Waals surface area contributed by atoms with E-state index >= 15 is 0 Å². The number of alkyl halides is 3. The third kappa shape index (κ3) is 6.57. The zero-order chi connectivity index (χ0) is 12.6. The normalized spacial score (nSPS) is 12.6. The Morgan fingerprint density at radius 3 is 2.50 bits per heavy atom. The van der Waals surface area contributed by atoms with Gasteiger partial charge in [-0.1, -0.05) is 0 Å². The third-order valence-electron chi connectivity index (χ3n) is 1.82. The molecular weight excluding hydrogens is 264 g/mol. The fourth-order valence-corrected chi connectivity index (χ4v) is 2.86. The van der Waals surface area contributed by atoms with Crippen LogP contribution in [-0.4, -0.2) is 57.6 Å². The smallest absolute Gasteiger partial charge is 0.252 e. The quantitative estimate of drug-likeness (QED) is 0.470. The van der Waals surface area contributed by atoms with E-state index in [9.17, 15) is 17.2 Å². The first-order valence-electron chi connectivity index (χ1n) is 4.75. The highest BCUT2D eigenvalue weighted by Gasteiger charge is 2.24. The number of rotatable bonds is 9. The molecule has 0 radical (unpaired) electrons. The summed E-state index contributed by atoms with van der Waals surface area (Å²) in [5.74, 6) is -0.208. The Morgan fingerprint density at radius 1 is 1.44 bits per heavy atom. The zero-order valence-corrected chi connectivity index (χ0v) is 10.6. The highest BCUT2D eigenvalue weighted by atomic mass is 35.5. The van der Waals surface area contributed by atoms with Crippen molar-refractivity contribution in [2.45, 2.75) is 12.8 Å². The average Bonchev–Trinajstić information content (AvgIpc) is 2.16. The topological polar surface area (TPSA) is 46.6 Å². The molecule has 0 aliphatic rings. The second-order valence-electron chi connectivity index (χ2n) is 3.10. The molecule has 0 saturated carbocycles. The molecule has 0 atom stereocenters. The first-order valence-corrected chi connectivity index (χ1v) is 6.89. The van der Waals surface area contributed by atoms with Crippen molar-refractivity contribution in [1.29, 1.82) is 0 Å². The molecule has 0 aliphatic heterocycles. The van der Waals surface area contributed by atoms with Crippen LogP contribution in [0, 0.1) is 0 Å². The molecule has 0 amide bonds. The lowest BCUT2D eigenvalue weighted by Gasteiger charge is -2.20. The number of nitrogens with zero attached hydrogens (tertiary/aromatic N) is 1. The SMILES string of the molecule is COCCCS(=O)(=O)N(CCCl)CC(F)F. The molecule has 0 saturated heterocycles. The van der Waals surface area contributed by atoms with Gasteiger partial charge in [-0.3, -0.25) is 0 Å². The number of halogens is 3. The Bertz CT molecular complexity index is 274. The Labute approximate surface area is 99.6 Å². The Hall–Kier alpha value is 0.0200. The predicted molar refractivity (Wildman–Crippen MR) is 58.6 cm³/mol. The third-order valence-corrected chi connectivity index (χ3v) is 3.91. The summed E-state index contributed by atoms with van der Waals surface area (Å²) < 4.78 is 52.9. The van der Waals surface area contributed by atoms with Crippen LogP contribution < -0.4 is 0 Å². The molecule has 16 heavy (non-hydrogen) atoms. The van der Waals surface area contributed by atoms with Crippen molar-refractivity contribution in [3.05, 3.63) is 0 Å². The van der Waals surface area contributed by atoms with Crippen LogP contribution in [0.5, 0.6) is 0 Å². The maximum atomic E-state index is 12.2. The van der Waals surface area contributed by atoms with Gasteiger partial charge in [0, 0.05) is 26.1 Å². The number of ether oxygens (including phenoxy) is 1. The largest absolute Gasteiger partial charge is 0.385 e. The zero-order valence-electron chi connectivity index (χ0n) is 9.03. The van der Waals surface area contributed by atoms with Crippen molar-refractivity contribution in [3.8, 4) is 0 Å². The summed E-state index contributed by atoms with van der Waals surface area (Å²) in [5.41, 5.74) is 0. The molecule has 0 aromatic carbocycles. The molecule has 0 aromatic rings. The van der Waals surface area contributed by atoms with E-state index in [-0.39, 0.29) is 31.2 Å². The van der Waals surface area contributed by atoms with Crippen LogP contribution in [0.3, 0.4) is 0 Å². The Morgan fingerprint density at radius 2 is 2.06 bits per heavy atom. The van der Waals surface area contributed by atoms with Gasteiger partial charge in [-0.2, -0.15) is 4.31 Å². The first kappa shape index (κ1) is 16.0. The summed E-state index contributed by atoms with van der Waals surface area (Å²) in [6, 6.07) is 0. The van der Waals surface area contributed by atoms with Gasteiger partial charge in [0.1, 0.15) is 0 Å². The summed E-state index contributed by atoms with van der Waals surface area (Å²) in [4.78, 5) is 0. The van der Waals surface area contributed by atoms with Crippen molar-refractivity contribution in [3.63, 3.8) is 0 Å². The predicted octanol–water partition coefficient (Wildman–Crippen LogP) is 1.16. The summed E-state index contributed by atoms with van der Waals surface area (Å²) in [5, 5.41) is 0. The van der Waals surface area contributed by atoms with Crippen LogP contribution in [0.4, 0.5) is 8.78 Å². The number of methoxy groups -OCH3 is 1. The van der Waals surface area contributed by atoms with E-state index in [1.165, 1.54) is 7.11 Å². The molecule has 0 unspecified atom stereocenters. The fourth-order valence-electron chi connectivity index (χ4n) is 1.11. The molecule has 8 heteroatoms. The minimum absolute atomic E-state index is 0.00374. The minimum atomic E-state index is -3.66. The average molecular weight is 280 g/mol. The molecule has 0 aromatic heterocycles. The second kappa shape index (κ2) is 8.16. The number of sulfonamides is 1. The number of hydrogen-bond acceptors (Lipinski definition) is 3. The summed E-state index contributed by atoms with van der Waals surface area (Å²) >= 11 is 5.37. The van der Waals surface area contributed by atoms with E-state index in [1.54, 1.807) is 0 Å². The second-order valence-corrected chi connectivity index (χ2v) is 5.57. The van der Waals surface area contributed by atoms with Gasteiger partial charge in [-0.15, -0.1) is 11.6 Å². The number of hydrogen-bond donors (Lipinski definition) is 0. The monoisotopic (exact) mass is 279 g/mol. The van der Waals surface area contributed by atoms with Crippen molar-refractivity contribution in [2.24, 2.45) is 0 Å². The summed E-state index contributed by atoms with van der Waals surface area (Å²) in [7, 11) is -2.22. The molecule has 0 heterocycles. The maximum absolute atomic E-state index is 12.2. The van der Waals surface area contributed by atoms with Gasteiger partial charge >= 0.3 is 0 Å².